The van der Waals surface area contributed by atoms with Crippen LogP contribution in [0.3, 0.4) is 0 Å². The number of carbonyl (C=O) groups is 2. The van der Waals surface area contributed by atoms with Crippen molar-refractivity contribution >= 4 is 28.7 Å². The SMILES string of the molecule is CC(=O)N1CC(n2cc(-c3ccc(C4CCCn5c4c(C(N)=O)c(=O)n5-c4ccccc4)cc3)c3c(N)ncnc32)C1. The van der Waals surface area contributed by atoms with E-state index in [0.29, 0.717) is 36.8 Å². The van der Waals surface area contributed by atoms with E-state index in [-0.39, 0.29) is 23.4 Å². The molecule has 0 radical (unpaired) electrons. The number of rotatable bonds is 5. The van der Waals surface area contributed by atoms with Gasteiger partial charge in [-0.25, -0.2) is 14.6 Å². The number of carbonyl (C=O) groups excluding carboxylic acids is 2. The molecule has 0 aliphatic carbocycles. The zero-order chi connectivity index (χ0) is 29.1. The Balaban J connectivity index is 1.29. The van der Waals surface area contributed by atoms with Crippen LogP contribution in [-0.4, -0.2) is 53.7 Å². The summed E-state index contributed by atoms with van der Waals surface area (Å²) in [4.78, 5) is 48.4. The molecular weight excluding hydrogens is 532 g/mol. The van der Waals surface area contributed by atoms with Crippen molar-refractivity contribution in [3.63, 3.8) is 0 Å². The minimum absolute atomic E-state index is 0.0423. The summed E-state index contributed by atoms with van der Waals surface area (Å²) in [6, 6.07) is 17.6. The zero-order valence-corrected chi connectivity index (χ0v) is 23.1. The first-order chi connectivity index (χ1) is 20.3. The Morgan fingerprint density at radius 1 is 1.00 bits per heavy atom. The van der Waals surface area contributed by atoms with Crippen molar-refractivity contribution in [2.45, 2.75) is 38.3 Å². The number of nitrogens with zero attached hydrogens (tertiary/aromatic N) is 6. The van der Waals surface area contributed by atoms with E-state index < -0.39 is 11.5 Å². The number of nitrogens with two attached hydrogens (primary N) is 2. The van der Waals surface area contributed by atoms with E-state index in [4.69, 9.17) is 11.5 Å². The Hall–Kier alpha value is -5.19. The average molecular weight is 563 g/mol. The summed E-state index contributed by atoms with van der Waals surface area (Å²) in [5.41, 5.74) is 16.7. The van der Waals surface area contributed by atoms with Gasteiger partial charge in [0.15, 0.2) is 0 Å². The molecule has 2 amide bonds. The number of anilines is 1. The molecule has 1 unspecified atom stereocenters. The number of para-hydroxylation sites is 1. The standard InChI is InChI=1S/C31H30N8O3/c1-18(40)36-14-22(15-36)37-16-24(25-28(32)34-17-35-30(25)37)20-11-9-19(10-12-20)23-8-5-13-38-27(23)26(29(33)41)31(42)39(38)21-6-3-2-4-7-21/h2-4,6-7,9-12,16-17,22-23H,5,8,13-15H2,1H3,(H2,33,41)(H2,32,34,35). The summed E-state index contributed by atoms with van der Waals surface area (Å²) in [6.45, 7) is 3.43. The lowest BCUT2D eigenvalue weighted by atomic mass is 9.86. The number of primary amides is 1. The van der Waals surface area contributed by atoms with Crippen LogP contribution in [-0.2, 0) is 11.3 Å². The van der Waals surface area contributed by atoms with Crippen molar-refractivity contribution in [1.29, 1.82) is 0 Å². The first kappa shape index (κ1) is 25.8. The summed E-state index contributed by atoms with van der Waals surface area (Å²) in [5.74, 6) is -0.440. The highest BCUT2D eigenvalue weighted by Crippen LogP contribution is 2.39. The third-order valence-electron chi connectivity index (χ3n) is 8.59. The largest absolute Gasteiger partial charge is 0.383 e. The predicted octanol–water partition coefficient (Wildman–Crippen LogP) is 3.06. The lowest BCUT2D eigenvalue weighted by Gasteiger charge is -2.39. The van der Waals surface area contributed by atoms with Crippen LogP contribution in [0.5, 0.6) is 0 Å². The maximum absolute atomic E-state index is 13.5. The molecule has 0 spiro atoms. The molecule has 4 N–H and O–H groups in total. The Bertz CT molecular complexity index is 1910. The lowest BCUT2D eigenvalue weighted by Crippen LogP contribution is -2.49. The Morgan fingerprint density at radius 3 is 2.43 bits per heavy atom. The van der Waals surface area contributed by atoms with Gasteiger partial charge in [-0.15, -0.1) is 0 Å². The van der Waals surface area contributed by atoms with Gasteiger partial charge in [-0.1, -0.05) is 42.5 Å². The molecular formula is C31H30N8O3. The molecule has 2 aliphatic rings. The number of nitrogen functional groups attached to an aromatic ring is 1. The van der Waals surface area contributed by atoms with Crippen LogP contribution in [0, 0.1) is 0 Å². The predicted molar refractivity (Wildman–Crippen MR) is 158 cm³/mol. The van der Waals surface area contributed by atoms with Crippen molar-refractivity contribution in [3.05, 3.63) is 94.3 Å². The summed E-state index contributed by atoms with van der Waals surface area (Å²) in [6.07, 6.45) is 5.13. The number of aromatic nitrogens is 5. The Kier molecular flexibility index (Phi) is 5.96. The minimum atomic E-state index is -0.718. The second-order valence-electron chi connectivity index (χ2n) is 11.0. The molecule has 212 valence electrons. The molecule has 2 aliphatic heterocycles. The number of likely N-dealkylation sites (tertiary alicyclic amines) is 1. The first-order valence-corrected chi connectivity index (χ1v) is 14.0. The summed E-state index contributed by atoms with van der Waals surface area (Å²) < 4.78 is 5.57. The molecule has 5 heterocycles. The van der Waals surface area contributed by atoms with E-state index in [1.807, 2.05) is 65.5 Å². The second-order valence-corrected chi connectivity index (χ2v) is 11.0. The van der Waals surface area contributed by atoms with Crippen molar-refractivity contribution < 1.29 is 9.59 Å². The fourth-order valence-electron chi connectivity index (χ4n) is 6.49. The molecule has 1 atom stereocenters. The second kappa shape index (κ2) is 9.72. The third-order valence-corrected chi connectivity index (χ3v) is 8.59. The number of hydrogen-bond acceptors (Lipinski definition) is 6. The maximum Gasteiger partial charge on any atom is 0.284 e. The van der Waals surface area contributed by atoms with Gasteiger partial charge in [-0.3, -0.25) is 19.1 Å². The highest BCUT2D eigenvalue weighted by molar-refractivity contribution is 6.00. The minimum Gasteiger partial charge on any atom is -0.383 e. The average Bonchev–Trinajstić information content (AvgIpc) is 3.48. The summed E-state index contributed by atoms with van der Waals surface area (Å²) in [5, 5.41) is 0.772. The van der Waals surface area contributed by atoms with Crippen LogP contribution in [0.4, 0.5) is 5.82 Å². The quantitative estimate of drug-likeness (QED) is 0.337. The first-order valence-electron chi connectivity index (χ1n) is 14.0. The van der Waals surface area contributed by atoms with E-state index in [1.54, 1.807) is 16.5 Å². The van der Waals surface area contributed by atoms with Gasteiger partial charge in [0.25, 0.3) is 11.5 Å². The fourth-order valence-corrected chi connectivity index (χ4v) is 6.49. The van der Waals surface area contributed by atoms with Crippen molar-refractivity contribution in [2.75, 3.05) is 18.8 Å². The monoisotopic (exact) mass is 562 g/mol. The molecule has 0 bridgehead atoms. The number of benzene rings is 2. The Labute approximate surface area is 241 Å². The van der Waals surface area contributed by atoms with E-state index in [2.05, 4.69) is 14.5 Å². The van der Waals surface area contributed by atoms with Crippen LogP contribution in [0.15, 0.2) is 71.9 Å². The molecule has 2 aromatic carbocycles. The fraction of sp³-hybridized carbons (Fsp3) is 0.258. The molecule has 5 aromatic rings. The topological polar surface area (TPSA) is 147 Å². The number of hydrogen-bond donors (Lipinski definition) is 2. The lowest BCUT2D eigenvalue weighted by molar-refractivity contribution is -0.134. The van der Waals surface area contributed by atoms with Gasteiger partial charge in [-0.05, 0) is 36.1 Å². The molecule has 3 aromatic heterocycles. The molecule has 11 heteroatoms. The van der Waals surface area contributed by atoms with Crippen LogP contribution in [0.1, 0.15) is 53.3 Å². The van der Waals surface area contributed by atoms with Gasteiger partial charge in [-0.2, -0.15) is 0 Å². The van der Waals surface area contributed by atoms with E-state index in [1.165, 1.54) is 6.33 Å². The molecule has 1 fully saturated rings. The summed E-state index contributed by atoms with van der Waals surface area (Å²) in [7, 11) is 0. The molecule has 42 heavy (non-hydrogen) atoms. The van der Waals surface area contributed by atoms with Crippen LogP contribution in [0.25, 0.3) is 27.8 Å². The highest BCUT2D eigenvalue weighted by Gasteiger charge is 2.34. The van der Waals surface area contributed by atoms with Crippen LogP contribution >= 0.6 is 0 Å². The summed E-state index contributed by atoms with van der Waals surface area (Å²) >= 11 is 0. The maximum atomic E-state index is 13.5. The van der Waals surface area contributed by atoms with Gasteiger partial charge < -0.3 is 20.9 Å². The van der Waals surface area contributed by atoms with Crippen LogP contribution < -0.4 is 17.0 Å². The molecule has 11 nitrogen and oxygen atoms in total. The van der Waals surface area contributed by atoms with Gasteiger partial charge in [0, 0.05) is 44.2 Å². The van der Waals surface area contributed by atoms with E-state index >= 15 is 0 Å². The Morgan fingerprint density at radius 2 is 1.74 bits per heavy atom. The zero-order valence-electron chi connectivity index (χ0n) is 23.1. The van der Waals surface area contributed by atoms with Gasteiger partial charge in [0.05, 0.1) is 22.8 Å². The van der Waals surface area contributed by atoms with Gasteiger partial charge >= 0.3 is 0 Å². The number of fused-ring (bicyclic) bond motifs is 2. The van der Waals surface area contributed by atoms with Crippen molar-refractivity contribution in [2.24, 2.45) is 5.73 Å². The third kappa shape index (κ3) is 3.92. The molecule has 7 rings (SSSR count). The van der Waals surface area contributed by atoms with Crippen molar-refractivity contribution in [3.8, 4) is 16.8 Å². The normalized spacial score (nSPS) is 16.8. The van der Waals surface area contributed by atoms with Crippen LogP contribution in [0.2, 0.25) is 0 Å². The smallest absolute Gasteiger partial charge is 0.284 e. The van der Waals surface area contributed by atoms with E-state index in [0.717, 1.165) is 40.6 Å². The molecule has 0 saturated carbocycles. The highest BCUT2D eigenvalue weighted by atomic mass is 16.2. The number of amides is 2. The molecule has 1 saturated heterocycles. The van der Waals surface area contributed by atoms with E-state index in [9.17, 15) is 14.4 Å². The van der Waals surface area contributed by atoms with Gasteiger partial charge in [0.1, 0.15) is 23.4 Å². The van der Waals surface area contributed by atoms with Gasteiger partial charge in [0.2, 0.25) is 5.91 Å². The van der Waals surface area contributed by atoms with Crippen molar-refractivity contribution in [1.82, 2.24) is 28.8 Å².